The van der Waals surface area contributed by atoms with Crippen LogP contribution in [0.25, 0.3) is 0 Å². The van der Waals surface area contributed by atoms with Gasteiger partial charge in [0.05, 0.1) is 18.9 Å². The van der Waals surface area contributed by atoms with Crippen LogP contribution in [-0.4, -0.2) is 55.2 Å². The van der Waals surface area contributed by atoms with E-state index >= 15 is 0 Å². The van der Waals surface area contributed by atoms with Crippen LogP contribution >= 0.6 is 23.8 Å². The molecular formula is C14H19ClN2O4S2. The third-order valence-corrected chi connectivity index (χ3v) is 4.47. The van der Waals surface area contributed by atoms with Gasteiger partial charge in [-0.05, 0) is 11.8 Å². The summed E-state index contributed by atoms with van der Waals surface area (Å²) < 4.78 is 24.5. The number of carbonyl (C=O) groups excluding carboxylic acids is 1. The Balaban J connectivity index is 2.98. The fourth-order valence-corrected chi connectivity index (χ4v) is 3.42. The van der Waals surface area contributed by atoms with Crippen LogP contribution in [0.15, 0.2) is 30.4 Å². The van der Waals surface area contributed by atoms with Gasteiger partial charge in [0.2, 0.25) is 10.0 Å². The number of nitrogens with one attached hydrogen (secondary N) is 1. The lowest BCUT2D eigenvalue weighted by molar-refractivity contribution is -0.145. The highest BCUT2D eigenvalue weighted by Crippen LogP contribution is 2.30. The first kappa shape index (κ1) is 20.2. The zero-order chi connectivity index (χ0) is 17.6. The third-order valence-electron chi connectivity index (χ3n) is 3.12. The van der Waals surface area contributed by atoms with E-state index in [1.165, 1.54) is 6.08 Å². The van der Waals surface area contributed by atoms with Crippen molar-refractivity contribution in [2.45, 2.75) is 18.5 Å². The molecule has 1 saturated heterocycles. The average Bonchev–Trinajstić information content (AvgIpc) is 2.78. The first-order valence-corrected chi connectivity index (χ1v) is 9.48. The second-order valence-corrected chi connectivity index (χ2v) is 7.92. The lowest BCUT2D eigenvalue weighted by atomic mass is 9.96. The number of hydrogen-bond acceptors (Lipinski definition) is 6. The van der Waals surface area contributed by atoms with Crippen molar-refractivity contribution in [3.63, 3.8) is 0 Å². The van der Waals surface area contributed by atoms with Gasteiger partial charge in [0.15, 0.2) is 0 Å². The van der Waals surface area contributed by atoms with E-state index in [4.69, 9.17) is 28.7 Å². The van der Waals surface area contributed by atoms with Gasteiger partial charge in [-0.15, -0.1) is 18.2 Å². The van der Waals surface area contributed by atoms with Crippen molar-refractivity contribution in [1.82, 2.24) is 9.79 Å². The van der Waals surface area contributed by atoms with Gasteiger partial charge in [0.25, 0.3) is 0 Å². The molecule has 3 atom stereocenters. The summed E-state index contributed by atoms with van der Waals surface area (Å²) in [5, 5.41) is 1.59. The molecule has 1 N–H and O–H groups in total. The van der Waals surface area contributed by atoms with Crippen molar-refractivity contribution >= 4 is 44.6 Å². The summed E-state index contributed by atoms with van der Waals surface area (Å²) in [6, 6.07) is -0.516. The maximum atomic E-state index is 11.3. The van der Waals surface area contributed by atoms with Crippen LogP contribution < -0.4 is 4.72 Å². The predicted molar refractivity (Wildman–Crippen MR) is 94.4 cm³/mol. The van der Waals surface area contributed by atoms with Gasteiger partial charge in [0, 0.05) is 18.0 Å². The minimum Gasteiger partial charge on any atom is -0.294 e. The Morgan fingerprint density at radius 3 is 2.83 bits per heavy atom. The van der Waals surface area contributed by atoms with E-state index in [2.05, 4.69) is 11.3 Å². The smallest absolute Gasteiger partial charge is 0.210 e. The molecule has 1 fully saturated rings. The van der Waals surface area contributed by atoms with Crippen LogP contribution in [-0.2, 0) is 19.7 Å². The molecular weight excluding hydrogens is 360 g/mol. The van der Waals surface area contributed by atoms with Gasteiger partial charge in [-0.2, -0.15) is 9.79 Å². The molecule has 1 heterocycles. The van der Waals surface area contributed by atoms with Crippen molar-refractivity contribution in [3.05, 3.63) is 30.4 Å². The van der Waals surface area contributed by atoms with E-state index in [0.717, 1.165) is 6.26 Å². The molecule has 0 spiro atoms. The summed E-state index contributed by atoms with van der Waals surface area (Å²) >= 11 is 11.1. The molecule has 1 rings (SSSR count). The molecule has 1 aliphatic rings. The largest absolute Gasteiger partial charge is 0.294 e. The molecule has 9 heteroatoms. The van der Waals surface area contributed by atoms with Crippen molar-refractivity contribution in [1.29, 1.82) is 0 Å². The molecule has 0 saturated carbocycles. The Kier molecular flexibility index (Phi) is 7.76. The minimum absolute atomic E-state index is 0.251. The van der Waals surface area contributed by atoms with E-state index in [1.807, 2.05) is 5.94 Å². The Morgan fingerprint density at radius 2 is 2.35 bits per heavy atom. The Hall–Kier alpha value is -0.860. The summed E-state index contributed by atoms with van der Waals surface area (Å²) in [5.41, 5.74) is -0.507. The maximum absolute atomic E-state index is 11.3. The van der Waals surface area contributed by atoms with Crippen molar-refractivity contribution in [3.8, 4) is 0 Å². The molecule has 1 unspecified atom stereocenters. The normalized spacial score (nSPS) is 23.9. The van der Waals surface area contributed by atoms with Crippen LogP contribution in [0.3, 0.4) is 0 Å². The van der Waals surface area contributed by atoms with E-state index in [0.29, 0.717) is 17.0 Å². The Bertz CT molecular complexity index is 641. The molecule has 0 radical (unpaired) electrons. The molecule has 6 nitrogen and oxygen atoms in total. The summed E-state index contributed by atoms with van der Waals surface area (Å²) in [6.07, 6.45) is 5.62. The van der Waals surface area contributed by atoms with E-state index in [-0.39, 0.29) is 12.5 Å². The topological polar surface area (TPSA) is 75.7 Å². The zero-order valence-electron chi connectivity index (χ0n) is 12.9. The average molecular weight is 379 g/mol. The first-order chi connectivity index (χ1) is 10.7. The fraction of sp³-hybridized carbons (Fsp3) is 0.500. The molecule has 0 aromatic carbocycles. The summed E-state index contributed by atoms with van der Waals surface area (Å²) in [4.78, 5) is 17.5. The summed E-state index contributed by atoms with van der Waals surface area (Å²) in [6.45, 7) is 6.01. The van der Waals surface area contributed by atoms with E-state index in [1.54, 1.807) is 24.1 Å². The zero-order valence-corrected chi connectivity index (χ0v) is 15.2. The van der Waals surface area contributed by atoms with Crippen molar-refractivity contribution < 1.29 is 18.0 Å². The molecule has 1 aliphatic heterocycles. The van der Waals surface area contributed by atoms with Crippen LogP contribution in [0.5, 0.6) is 0 Å². The second kappa shape index (κ2) is 8.84. The Labute approximate surface area is 146 Å². The number of alkyl halides is 1. The highest BCUT2D eigenvalue weighted by molar-refractivity contribution is 7.88. The number of thiocarbonyl (C=S) groups is 1. The van der Waals surface area contributed by atoms with Gasteiger partial charge < -0.3 is 0 Å². The predicted octanol–water partition coefficient (Wildman–Crippen LogP) is 1.22. The quantitative estimate of drug-likeness (QED) is 0.225. The standard InChI is InChI=1S/C14H19ClN2O4S2/c1-4-7-21-17-8-11(10(2)22)12(9-18)13(17)5-6-14(15)16-23(3,19)20/h4-6,11,13-14,16H,1,7-8H2,2-3H3/b6-5+/t11-,13-,14?/m0/s1. The minimum atomic E-state index is -3.44. The second-order valence-electron chi connectivity index (χ2n) is 5.03. The number of halogens is 1. The fourth-order valence-electron chi connectivity index (χ4n) is 2.16. The van der Waals surface area contributed by atoms with Gasteiger partial charge in [-0.3, -0.25) is 4.84 Å². The number of rotatable bonds is 8. The van der Waals surface area contributed by atoms with Crippen LogP contribution in [0.2, 0.25) is 0 Å². The molecule has 0 amide bonds. The molecule has 128 valence electrons. The van der Waals surface area contributed by atoms with Gasteiger partial charge in [-0.25, -0.2) is 13.2 Å². The SMILES string of the molecule is C=CCON1C[C@@H](C(C)=S)C(=C=O)[C@@H]1/C=C/C(Cl)NS(C)(=O)=O. The monoisotopic (exact) mass is 378 g/mol. The van der Waals surface area contributed by atoms with Gasteiger partial charge in [0.1, 0.15) is 11.4 Å². The molecule has 0 aromatic rings. The van der Waals surface area contributed by atoms with Crippen molar-refractivity contribution in [2.75, 3.05) is 19.4 Å². The van der Waals surface area contributed by atoms with Gasteiger partial charge >= 0.3 is 0 Å². The molecule has 0 aromatic heterocycles. The van der Waals surface area contributed by atoms with Crippen LogP contribution in [0.1, 0.15) is 6.92 Å². The number of hydrogen-bond donors (Lipinski definition) is 1. The lowest BCUT2D eigenvalue weighted by Crippen LogP contribution is -2.31. The summed E-state index contributed by atoms with van der Waals surface area (Å²) in [5.74, 6) is 1.67. The summed E-state index contributed by atoms with van der Waals surface area (Å²) in [7, 11) is -3.44. The highest BCUT2D eigenvalue weighted by atomic mass is 35.5. The lowest BCUT2D eigenvalue weighted by Gasteiger charge is -2.20. The number of sulfonamides is 1. The van der Waals surface area contributed by atoms with Crippen molar-refractivity contribution in [2.24, 2.45) is 5.92 Å². The van der Waals surface area contributed by atoms with E-state index in [9.17, 15) is 13.2 Å². The number of nitrogens with zero attached hydrogens (tertiary/aromatic N) is 1. The Morgan fingerprint density at radius 1 is 1.70 bits per heavy atom. The van der Waals surface area contributed by atoms with Crippen LogP contribution in [0, 0.1) is 5.92 Å². The molecule has 23 heavy (non-hydrogen) atoms. The third kappa shape index (κ3) is 6.27. The molecule has 0 aliphatic carbocycles. The number of hydroxylamine groups is 2. The highest BCUT2D eigenvalue weighted by Gasteiger charge is 2.38. The van der Waals surface area contributed by atoms with Crippen LogP contribution in [0.4, 0.5) is 0 Å². The van der Waals surface area contributed by atoms with Gasteiger partial charge in [-0.1, -0.05) is 30.4 Å². The molecule has 0 bridgehead atoms. The first-order valence-electron chi connectivity index (χ1n) is 6.75. The maximum Gasteiger partial charge on any atom is 0.210 e. The van der Waals surface area contributed by atoms with E-state index < -0.39 is 21.6 Å².